The first-order chi connectivity index (χ1) is 6.84. The van der Waals surface area contributed by atoms with Crippen molar-refractivity contribution in [2.45, 2.75) is 18.9 Å². The Morgan fingerprint density at radius 2 is 2.36 bits per heavy atom. The molecule has 0 radical (unpaired) electrons. The van der Waals surface area contributed by atoms with E-state index < -0.39 is 0 Å². The van der Waals surface area contributed by atoms with Crippen LogP contribution in [0.15, 0.2) is 24.3 Å². The summed E-state index contributed by atoms with van der Waals surface area (Å²) in [5.74, 6) is 0.991. The van der Waals surface area contributed by atoms with Gasteiger partial charge in [0, 0.05) is 10.1 Å². The van der Waals surface area contributed by atoms with E-state index in [0.29, 0.717) is 6.10 Å². The first-order valence-corrected chi connectivity index (χ1v) is 6.05. The highest BCUT2D eigenvalue weighted by molar-refractivity contribution is 14.1. The molecule has 0 saturated carbocycles. The number of piperidine rings is 1. The standard InChI is InChI=1S/C11H14INO/c12-9-3-1-4-10(7-9)14-11-5-2-6-13-8-11/h1,3-4,7,11,13H,2,5-6,8H2/t11-/m0/s1. The third-order valence-electron chi connectivity index (χ3n) is 2.35. The largest absolute Gasteiger partial charge is 0.489 e. The maximum atomic E-state index is 5.87. The van der Waals surface area contributed by atoms with Crippen molar-refractivity contribution in [3.8, 4) is 5.75 Å². The van der Waals surface area contributed by atoms with Crippen LogP contribution >= 0.6 is 22.6 Å². The van der Waals surface area contributed by atoms with Crippen LogP contribution in [0.1, 0.15) is 12.8 Å². The van der Waals surface area contributed by atoms with Gasteiger partial charge in [0.05, 0.1) is 0 Å². The normalized spacial score (nSPS) is 21.9. The number of halogens is 1. The molecule has 0 bridgehead atoms. The van der Waals surface area contributed by atoms with E-state index in [0.717, 1.165) is 18.8 Å². The summed E-state index contributed by atoms with van der Waals surface area (Å²) in [7, 11) is 0. The maximum Gasteiger partial charge on any atom is 0.120 e. The third-order valence-corrected chi connectivity index (χ3v) is 3.02. The summed E-state index contributed by atoms with van der Waals surface area (Å²) in [4.78, 5) is 0. The van der Waals surface area contributed by atoms with Gasteiger partial charge in [0.15, 0.2) is 0 Å². The van der Waals surface area contributed by atoms with Crippen molar-refractivity contribution in [3.05, 3.63) is 27.8 Å². The van der Waals surface area contributed by atoms with Gasteiger partial charge in [-0.15, -0.1) is 0 Å². The van der Waals surface area contributed by atoms with E-state index in [1.54, 1.807) is 0 Å². The summed E-state index contributed by atoms with van der Waals surface area (Å²) < 4.78 is 7.09. The smallest absolute Gasteiger partial charge is 0.120 e. The number of ether oxygens (including phenoxy) is 1. The van der Waals surface area contributed by atoms with Gasteiger partial charge in [0.25, 0.3) is 0 Å². The van der Waals surface area contributed by atoms with E-state index in [2.05, 4.69) is 40.0 Å². The molecule has 1 N–H and O–H groups in total. The highest BCUT2D eigenvalue weighted by Gasteiger charge is 2.13. The van der Waals surface area contributed by atoms with Gasteiger partial charge in [0.1, 0.15) is 11.9 Å². The fourth-order valence-corrected chi connectivity index (χ4v) is 2.17. The predicted octanol–water partition coefficient (Wildman–Crippen LogP) is 2.42. The number of rotatable bonds is 2. The molecular formula is C11H14INO. The van der Waals surface area contributed by atoms with E-state index in [1.165, 1.54) is 16.4 Å². The summed E-state index contributed by atoms with van der Waals surface area (Å²) in [5, 5.41) is 3.34. The van der Waals surface area contributed by atoms with Crippen molar-refractivity contribution >= 4 is 22.6 Å². The minimum Gasteiger partial charge on any atom is -0.489 e. The van der Waals surface area contributed by atoms with Crippen LogP contribution in [0.5, 0.6) is 5.75 Å². The van der Waals surface area contributed by atoms with Gasteiger partial charge in [0.2, 0.25) is 0 Å². The molecule has 1 aromatic rings. The molecule has 0 aromatic heterocycles. The summed E-state index contributed by atoms with van der Waals surface area (Å²) in [6.07, 6.45) is 2.73. The molecule has 0 spiro atoms. The maximum absolute atomic E-state index is 5.87. The van der Waals surface area contributed by atoms with Crippen molar-refractivity contribution < 1.29 is 4.74 Å². The predicted molar refractivity (Wildman–Crippen MR) is 65.7 cm³/mol. The van der Waals surface area contributed by atoms with E-state index in [-0.39, 0.29) is 0 Å². The second-order valence-corrected chi connectivity index (χ2v) is 4.79. The number of hydrogen-bond acceptors (Lipinski definition) is 2. The van der Waals surface area contributed by atoms with Crippen LogP contribution in [0.4, 0.5) is 0 Å². The van der Waals surface area contributed by atoms with Gasteiger partial charge in [-0.25, -0.2) is 0 Å². The summed E-state index contributed by atoms with van der Waals surface area (Å²) >= 11 is 2.30. The molecule has 76 valence electrons. The van der Waals surface area contributed by atoms with Crippen molar-refractivity contribution in [2.24, 2.45) is 0 Å². The Labute approximate surface area is 98.2 Å². The number of benzene rings is 1. The molecule has 1 aromatic carbocycles. The fourth-order valence-electron chi connectivity index (χ4n) is 1.65. The van der Waals surface area contributed by atoms with E-state index in [4.69, 9.17) is 4.74 Å². The Kier molecular flexibility index (Phi) is 3.64. The highest BCUT2D eigenvalue weighted by Crippen LogP contribution is 2.18. The highest BCUT2D eigenvalue weighted by atomic mass is 127. The van der Waals surface area contributed by atoms with E-state index >= 15 is 0 Å². The fraction of sp³-hybridized carbons (Fsp3) is 0.455. The van der Waals surface area contributed by atoms with Gasteiger partial charge in [-0.3, -0.25) is 0 Å². The van der Waals surface area contributed by atoms with Crippen LogP contribution in [0, 0.1) is 3.57 Å². The molecule has 1 aliphatic rings. The van der Waals surface area contributed by atoms with Gasteiger partial charge < -0.3 is 10.1 Å². The second kappa shape index (κ2) is 4.98. The Bertz CT molecular complexity index is 297. The molecule has 3 heteroatoms. The molecule has 0 amide bonds. The van der Waals surface area contributed by atoms with Crippen molar-refractivity contribution in [3.63, 3.8) is 0 Å². The Hall–Kier alpha value is -0.290. The van der Waals surface area contributed by atoms with E-state index in [9.17, 15) is 0 Å². The van der Waals surface area contributed by atoms with Crippen LogP contribution in [0.3, 0.4) is 0 Å². The minimum absolute atomic E-state index is 0.349. The van der Waals surface area contributed by atoms with Crippen LogP contribution in [-0.4, -0.2) is 19.2 Å². The van der Waals surface area contributed by atoms with Gasteiger partial charge >= 0.3 is 0 Å². The summed E-state index contributed by atoms with van der Waals surface area (Å²) in [5.41, 5.74) is 0. The van der Waals surface area contributed by atoms with Crippen molar-refractivity contribution in [1.82, 2.24) is 5.32 Å². The zero-order valence-electron chi connectivity index (χ0n) is 8.00. The minimum atomic E-state index is 0.349. The second-order valence-electron chi connectivity index (χ2n) is 3.54. The molecule has 1 atom stereocenters. The average Bonchev–Trinajstić information content (AvgIpc) is 2.19. The van der Waals surface area contributed by atoms with Crippen LogP contribution in [0.25, 0.3) is 0 Å². The lowest BCUT2D eigenvalue weighted by molar-refractivity contribution is 0.167. The summed E-state index contributed by atoms with van der Waals surface area (Å²) in [6, 6.07) is 8.21. The SMILES string of the molecule is Ic1cccc(O[C@H]2CCCNC2)c1. The monoisotopic (exact) mass is 303 g/mol. The van der Waals surface area contributed by atoms with Crippen molar-refractivity contribution in [1.29, 1.82) is 0 Å². The molecular weight excluding hydrogens is 289 g/mol. The van der Waals surface area contributed by atoms with Gasteiger partial charge in [-0.05, 0) is 60.2 Å². The number of hydrogen-bond donors (Lipinski definition) is 1. The first-order valence-electron chi connectivity index (χ1n) is 4.97. The van der Waals surface area contributed by atoms with Crippen LogP contribution in [0.2, 0.25) is 0 Å². The van der Waals surface area contributed by atoms with Crippen LogP contribution in [-0.2, 0) is 0 Å². The van der Waals surface area contributed by atoms with Gasteiger partial charge in [-0.1, -0.05) is 6.07 Å². The number of nitrogens with one attached hydrogen (secondary N) is 1. The molecule has 2 rings (SSSR count). The molecule has 1 saturated heterocycles. The summed E-state index contributed by atoms with van der Waals surface area (Å²) in [6.45, 7) is 2.11. The molecule has 0 aliphatic carbocycles. The Morgan fingerprint density at radius 1 is 1.43 bits per heavy atom. The molecule has 1 fully saturated rings. The first kappa shape index (κ1) is 10.2. The zero-order valence-corrected chi connectivity index (χ0v) is 10.2. The lowest BCUT2D eigenvalue weighted by Gasteiger charge is -2.23. The molecule has 2 nitrogen and oxygen atoms in total. The zero-order chi connectivity index (χ0) is 9.80. The molecule has 1 aliphatic heterocycles. The van der Waals surface area contributed by atoms with Crippen LogP contribution < -0.4 is 10.1 Å². The average molecular weight is 303 g/mol. The quantitative estimate of drug-likeness (QED) is 0.847. The lowest BCUT2D eigenvalue weighted by Crippen LogP contribution is -2.37. The van der Waals surface area contributed by atoms with E-state index in [1.807, 2.05) is 12.1 Å². The molecule has 14 heavy (non-hydrogen) atoms. The topological polar surface area (TPSA) is 21.3 Å². The molecule has 0 unspecified atom stereocenters. The Balaban J connectivity index is 1.95. The molecule has 1 heterocycles. The van der Waals surface area contributed by atoms with Crippen molar-refractivity contribution in [2.75, 3.05) is 13.1 Å². The lowest BCUT2D eigenvalue weighted by atomic mass is 10.1. The third kappa shape index (κ3) is 2.85. The Morgan fingerprint density at radius 3 is 3.07 bits per heavy atom. The van der Waals surface area contributed by atoms with Gasteiger partial charge in [-0.2, -0.15) is 0 Å².